The van der Waals surface area contributed by atoms with Gasteiger partial charge >= 0.3 is 6.09 Å². The molecule has 1 heterocycles. The molecule has 1 aliphatic rings. The Balaban J connectivity index is 2.51. The fourth-order valence-electron chi connectivity index (χ4n) is 2.36. The molecule has 1 aromatic rings. The summed E-state index contributed by atoms with van der Waals surface area (Å²) in [7, 11) is 0. The third-order valence-electron chi connectivity index (χ3n) is 3.15. The van der Waals surface area contributed by atoms with E-state index in [1.165, 1.54) is 4.90 Å². The number of nitrogens with zero attached hydrogens (tertiary/aromatic N) is 1. The van der Waals surface area contributed by atoms with Gasteiger partial charge in [-0.3, -0.25) is 0 Å². The van der Waals surface area contributed by atoms with Gasteiger partial charge < -0.3 is 15.7 Å². The molecule has 0 saturated carbocycles. The first-order chi connectivity index (χ1) is 7.42. The Kier molecular flexibility index (Phi) is 2.30. The Labute approximate surface area is 94.7 Å². The van der Waals surface area contributed by atoms with E-state index in [1.807, 2.05) is 32.0 Å². The summed E-state index contributed by atoms with van der Waals surface area (Å²) in [4.78, 5) is 12.5. The highest BCUT2D eigenvalue weighted by molar-refractivity contribution is 5.67. The maximum Gasteiger partial charge on any atom is 0.407 e. The molecule has 0 saturated heterocycles. The molecule has 0 fully saturated rings. The van der Waals surface area contributed by atoms with E-state index in [0.29, 0.717) is 18.8 Å². The van der Waals surface area contributed by atoms with Gasteiger partial charge in [-0.25, -0.2) is 4.79 Å². The van der Waals surface area contributed by atoms with Gasteiger partial charge in [0.15, 0.2) is 0 Å². The van der Waals surface area contributed by atoms with Crippen molar-refractivity contribution in [1.29, 1.82) is 0 Å². The highest BCUT2D eigenvalue weighted by Gasteiger charge is 2.34. The summed E-state index contributed by atoms with van der Waals surface area (Å²) >= 11 is 0. The number of nitrogens with two attached hydrogens (primary N) is 1. The molecule has 0 bridgehead atoms. The van der Waals surface area contributed by atoms with Crippen molar-refractivity contribution in [3.8, 4) is 0 Å². The third-order valence-corrected chi connectivity index (χ3v) is 3.15. The van der Waals surface area contributed by atoms with Crippen LogP contribution in [0.2, 0.25) is 0 Å². The molecule has 1 aliphatic heterocycles. The SMILES string of the molecule is CC1(C)CN(C(=O)O)Cc2c(N)cccc21. The second kappa shape index (κ2) is 3.40. The maximum atomic E-state index is 11.0. The maximum absolute atomic E-state index is 11.0. The van der Waals surface area contributed by atoms with Gasteiger partial charge in [0.25, 0.3) is 0 Å². The molecule has 3 N–H and O–H groups in total. The quantitative estimate of drug-likeness (QED) is 0.657. The van der Waals surface area contributed by atoms with Crippen LogP contribution >= 0.6 is 0 Å². The molecular formula is C12H16N2O2. The Hall–Kier alpha value is -1.71. The average Bonchev–Trinajstić information content (AvgIpc) is 2.18. The van der Waals surface area contributed by atoms with Gasteiger partial charge in [-0.2, -0.15) is 0 Å². The van der Waals surface area contributed by atoms with Crippen LogP contribution in [0, 0.1) is 0 Å². The molecule has 0 atom stereocenters. The van der Waals surface area contributed by atoms with Gasteiger partial charge in [0.05, 0.1) is 6.54 Å². The predicted octanol–water partition coefficient (Wildman–Crippen LogP) is 2.04. The van der Waals surface area contributed by atoms with E-state index in [9.17, 15) is 4.79 Å². The molecule has 0 spiro atoms. The Morgan fingerprint density at radius 3 is 2.81 bits per heavy atom. The van der Waals surface area contributed by atoms with Gasteiger partial charge in [0.2, 0.25) is 0 Å². The van der Waals surface area contributed by atoms with Crippen LogP contribution in [-0.2, 0) is 12.0 Å². The number of nitrogen functional groups attached to an aromatic ring is 1. The van der Waals surface area contributed by atoms with E-state index < -0.39 is 6.09 Å². The smallest absolute Gasteiger partial charge is 0.407 e. The summed E-state index contributed by atoms with van der Waals surface area (Å²) in [6.07, 6.45) is -0.887. The zero-order valence-electron chi connectivity index (χ0n) is 9.53. The summed E-state index contributed by atoms with van der Waals surface area (Å²) < 4.78 is 0. The van der Waals surface area contributed by atoms with E-state index in [-0.39, 0.29) is 5.41 Å². The third kappa shape index (κ3) is 1.60. The minimum absolute atomic E-state index is 0.179. The topological polar surface area (TPSA) is 66.6 Å². The largest absolute Gasteiger partial charge is 0.465 e. The molecule has 86 valence electrons. The molecule has 0 radical (unpaired) electrons. The minimum Gasteiger partial charge on any atom is -0.465 e. The number of carbonyl (C=O) groups is 1. The first kappa shape index (κ1) is 10.8. The van der Waals surface area contributed by atoms with Crippen LogP contribution < -0.4 is 5.73 Å². The van der Waals surface area contributed by atoms with Gasteiger partial charge in [-0.05, 0) is 17.2 Å². The van der Waals surface area contributed by atoms with Crippen molar-refractivity contribution >= 4 is 11.8 Å². The van der Waals surface area contributed by atoms with Crippen LogP contribution in [0.5, 0.6) is 0 Å². The van der Waals surface area contributed by atoms with Crippen molar-refractivity contribution < 1.29 is 9.90 Å². The van der Waals surface area contributed by atoms with E-state index in [2.05, 4.69) is 0 Å². The summed E-state index contributed by atoms with van der Waals surface area (Å²) in [5.41, 5.74) is 8.51. The van der Waals surface area contributed by atoms with Crippen molar-refractivity contribution in [2.45, 2.75) is 25.8 Å². The number of hydrogen-bond acceptors (Lipinski definition) is 2. The van der Waals surface area contributed by atoms with Gasteiger partial charge in [-0.1, -0.05) is 26.0 Å². The lowest BCUT2D eigenvalue weighted by atomic mass is 9.78. The van der Waals surface area contributed by atoms with Crippen LogP contribution in [0.3, 0.4) is 0 Å². The molecule has 4 nitrogen and oxygen atoms in total. The lowest BCUT2D eigenvalue weighted by molar-refractivity contribution is 0.125. The van der Waals surface area contributed by atoms with Crippen molar-refractivity contribution in [2.75, 3.05) is 12.3 Å². The fraction of sp³-hybridized carbons (Fsp3) is 0.417. The fourth-order valence-corrected chi connectivity index (χ4v) is 2.36. The molecule has 0 aromatic heterocycles. The van der Waals surface area contributed by atoms with Crippen molar-refractivity contribution in [1.82, 2.24) is 4.90 Å². The standard InChI is InChI=1S/C12H16N2O2/c1-12(2)7-14(11(15)16)6-8-9(12)4-3-5-10(8)13/h3-5H,6-7,13H2,1-2H3,(H,15,16). The second-order valence-corrected chi connectivity index (χ2v) is 4.90. The molecule has 4 heteroatoms. The molecule has 0 aliphatic carbocycles. The number of fused-ring (bicyclic) bond motifs is 1. The average molecular weight is 220 g/mol. The second-order valence-electron chi connectivity index (χ2n) is 4.90. The number of hydrogen-bond donors (Lipinski definition) is 2. The lowest BCUT2D eigenvalue weighted by Gasteiger charge is -2.39. The summed E-state index contributed by atoms with van der Waals surface area (Å²) in [6.45, 7) is 4.99. The van der Waals surface area contributed by atoms with Crippen LogP contribution in [-0.4, -0.2) is 22.6 Å². The Morgan fingerprint density at radius 1 is 1.50 bits per heavy atom. The highest BCUT2D eigenvalue weighted by atomic mass is 16.4. The summed E-state index contributed by atoms with van der Waals surface area (Å²) in [6, 6.07) is 5.78. The number of anilines is 1. The molecule has 0 unspecified atom stereocenters. The molecule has 2 rings (SSSR count). The molecule has 16 heavy (non-hydrogen) atoms. The van der Waals surface area contributed by atoms with Gasteiger partial charge in [-0.15, -0.1) is 0 Å². The number of carboxylic acid groups (broad SMARTS) is 1. The normalized spacial score (nSPS) is 18.0. The predicted molar refractivity (Wildman–Crippen MR) is 62.3 cm³/mol. The van der Waals surface area contributed by atoms with Crippen LogP contribution in [0.1, 0.15) is 25.0 Å². The first-order valence-corrected chi connectivity index (χ1v) is 5.27. The molecule has 1 amide bonds. The van der Waals surface area contributed by atoms with Crippen molar-refractivity contribution in [3.63, 3.8) is 0 Å². The van der Waals surface area contributed by atoms with E-state index in [0.717, 1.165) is 11.1 Å². The summed E-state index contributed by atoms with van der Waals surface area (Å²) in [5.74, 6) is 0. The van der Waals surface area contributed by atoms with E-state index in [1.54, 1.807) is 0 Å². The monoisotopic (exact) mass is 220 g/mol. The zero-order chi connectivity index (χ0) is 11.9. The zero-order valence-corrected chi connectivity index (χ0v) is 9.53. The summed E-state index contributed by atoms with van der Waals surface area (Å²) in [5, 5.41) is 9.07. The van der Waals surface area contributed by atoms with Crippen molar-refractivity contribution in [3.05, 3.63) is 29.3 Å². The van der Waals surface area contributed by atoms with Gasteiger partial charge in [0.1, 0.15) is 0 Å². The van der Waals surface area contributed by atoms with E-state index in [4.69, 9.17) is 10.8 Å². The minimum atomic E-state index is -0.887. The van der Waals surface area contributed by atoms with Crippen molar-refractivity contribution in [2.24, 2.45) is 0 Å². The Morgan fingerprint density at radius 2 is 2.19 bits per heavy atom. The number of amides is 1. The molecule has 1 aromatic carbocycles. The van der Waals surface area contributed by atoms with Gasteiger partial charge in [0, 0.05) is 17.6 Å². The van der Waals surface area contributed by atoms with Crippen LogP contribution in [0.15, 0.2) is 18.2 Å². The lowest BCUT2D eigenvalue weighted by Crippen LogP contribution is -2.44. The van der Waals surface area contributed by atoms with E-state index >= 15 is 0 Å². The first-order valence-electron chi connectivity index (χ1n) is 5.27. The number of benzene rings is 1. The number of rotatable bonds is 0. The molecular weight excluding hydrogens is 204 g/mol. The Bertz CT molecular complexity index is 441. The van der Waals surface area contributed by atoms with Crippen LogP contribution in [0.4, 0.5) is 10.5 Å². The highest BCUT2D eigenvalue weighted by Crippen LogP contribution is 2.35. The van der Waals surface area contributed by atoms with Crippen LogP contribution in [0.25, 0.3) is 0 Å².